The highest BCUT2D eigenvalue weighted by Gasteiger charge is 2.35. The zero-order valence-corrected chi connectivity index (χ0v) is 15.1. The molecule has 0 bridgehead atoms. The van der Waals surface area contributed by atoms with Crippen molar-refractivity contribution in [3.05, 3.63) is 89.6 Å². The van der Waals surface area contributed by atoms with Crippen molar-refractivity contribution >= 4 is 10.9 Å². The molecule has 0 fully saturated rings. The van der Waals surface area contributed by atoms with E-state index in [9.17, 15) is 27.2 Å². The monoisotopic (exact) mass is 410 g/mol. The maximum atomic E-state index is 14.6. The molecular weight excluding hydrogens is 399 g/mol. The van der Waals surface area contributed by atoms with Gasteiger partial charge in [0.2, 0.25) is 0 Å². The van der Waals surface area contributed by atoms with Gasteiger partial charge < -0.3 is 0 Å². The van der Waals surface area contributed by atoms with Crippen molar-refractivity contribution in [2.45, 2.75) is 6.18 Å². The fourth-order valence-corrected chi connectivity index (χ4v) is 3.46. The molecule has 0 amide bonds. The second kappa shape index (κ2) is 7.23. The average molecular weight is 410 g/mol. The van der Waals surface area contributed by atoms with Gasteiger partial charge in [-0.25, -0.2) is 8.78 Å². The first-order valence-corrected chi connectivity index (χ1v) is 8.75. The summed E-state index contributed by atoms with van der Waals surface area (Å²) in [5.74, 6) is -2.03. The van der Waals surface area contributed by atoms with Gasteiger partial charge in [-0.05, 0) is 35.4 Å². The van der Waals surface area contributed by atoms with Gasteiger partial charge in [0.05, 0.1) is 17.2 Å². The second-order valence-electron chi connectivity index (χ2n) is 6.50. The molecular formula is C23H11F5N2. The van der Waals surface area contributed by atoms with Crippen molar-refractivity contribution in [1.82, 2.24) is 4.98 Å². The van der Waals surface area contributed by atoms with Crippen LogP contribution in [0.3, 0.4) is 0 Å². The number of nitriles is 1. The lowest BCUT2D eigenvalue weighted by Crippen LogP contribution is -2.09. The van der Waals surface area contributed by atoms with Gasteiger partial charge in [0.1, 0.15) is 11.3 Å². The Labute approximate surface area is 167 Å². The van der Waals surface area contributed by atoms with Crippen LogP contribution in [0.15, 0.2) is 66.9 Å². The van der Waals surface area contributed by atoms with Gasteiger partial charge in [-0.15, -0.1) is 0 Å². The maximum absolute atomic E-state index is 14.6. The first kappa shape index (κ1) is 19.5. The molecule has 0 N–H and O–H groups in total. The number of benzene rings is 3. The minimum atomic E-state index is -4.88. The van der Waals surface area contributed by atoms with Crippen LogP contribution in [0.25, 0.3) is 33.2 Å². The predicted molar refractivity (Wildman–Crippen MR) is 102 cm³/mol. The van der Waals surface area contributed by atoms with E-state index < -0.39 is 28.9 Å². The van der Waals surface area contributed by atoms with Crippen LogP contribution in [0.5, 0.6) is 0 Å². The summed E-state index contributed by atoms with van der Waals surface area (Å²) in [7, 11) is 0. The van der Waals surface area contributed by atoms with Crippen LogP contribution >= 0.6 is 0 Å². The van der Waals surface area contributed by atoms with Gasteiger partial charge in [0, 0.05) is 22.7 Å². The van der Waals surface area contributed by atoms with Crippen LogP contribution in [0.4, 0.5) is 22.0 Å². The molecule has 0 aliphatic carbocycles. The van der Waals surface area contributed by atoms with Gasteiger partial charge in [-0.3, -0.25) is 4.98 Å². The van der Waals surface area contributed by atoms with Crippen molar-refractivity contribution in [1.29, 1.82) is 5.26 Å². The predicted octanol–water partition coefficient (Wildman–Crippen LogP) is 6.74. The molecule has 0 atom stereocenters. The smallest absolute Gasteiger partial charge is 0.253 e. The molecule has 148 valence electrons. The van der Waals surface area contributed by atoms with E-state index in [1.807, 2.05) is 6.07 Å². The highest BCUT2D eigenvalue weighted by Crippen LogP contribution is 2.41. The fraction of sp³-hybridized carbons (Fsp3) is 0.0435. The Balaban J connectivity index is 2.08. The molecule has 0 spiro atoms. The normalized spacial score (nSPS) is 11.5. The molecule has 0 saturated heterocycles. The largest absolute Gasteiger partial charge is 0.419 e. The minimum Gasteiger partial charge on any atom is -0.253 e. The van der Waals surface area contributed by atoms with E-state index >= 15 is 0 Å². The Kier molecular flexibility index (Phi) is 4.70. The van der Waals surface area contributed by atoms with Crippen molar-refractivity contribution in [3.63, 3.8) is 0 Å². The third-order valence-corrected chi connectivity index (χ3v) is 4.77. The summed E-state index contributed by atoms with van der Waals surface area (Å²) in [6, 6.07) is 15.9. The Hall–Kier alpha value is -3.79. The van der Waals surface area contributed by atoms with E-state index in [4.69, 9.17) is 0 Å². The number of nitrogens with zero attached hydrogens (tertiary/aromatic N) is 2. The summed E-state index contributed by atoms with van der Waals surface area (Å²) in [4.78, 5) is 3.78. The third kappa shape index (κ3) is 3.16. The standard InChI is InChI=1S/C23H11F5N2/c24-19-7-2-1-5-14(19)15-6-3-4-13(12-29)20(15)16-10-11-30-22-17(16)8-9-18(21(22)25)23(26,27)28/h1-11H. The van der Waals surface area contributed by atoms with Crippen molar-refractivity contribution in [2.24, 2.45) is 0 Å². The second-order valence-corrected chi connectivity index (χ2v) is 6.50. The molecule has 4 aromatic rings. The summed E-state index contributed by atoms with van der Waals surface area (Å²) in [6.07, 6.45) is -3.71. The van der Waals surface area contributed by atoms with Gasteiger partial charge in [0.25, 0.3) is 0 Å². The van der Waals surface area contributed by atoms with Gasteiger partial charge >= 0.3 is 6.18 Å². The zero-order valence-electron chi connectivity index (χ0n) is 15.1. The van der Waals surface area contributed by atoms with Crippen LogP contribution in [-0.4, -0.2) is 4.98 Å². The number of alkyl halides is 3. The van der Waals surface area contributed by atoms with Crippen molar-refractivity contribution in [2.75, 3.05) is 0 Å². The van der Waals surface area contributed by atoms with Crippen LogP contribution in [-0.2, 0) is 6.18 Å². The lowest BCUT2D eigenvalue weighted by molar-refractivity contribution is -0.139. The molecule has 2 nitrogen and oxygen atoms in total. The number of pyridine rings is 1. The topological polar surface area (TPSA) is 36.7 Å². The van der Waals surface area contributed by atoms with E-state index in [1.54, 1.807) is 18.2 Å². The molecule has 30 heavy (non-hydrogen) atoms. The number of halogens is 5. The minimum absolute atomic E-state index is 0.0864. The third-order valence-electron chi connectivity index (χ3n) is 4.77. The molecule has 3 aromatic carbocycles. The Morgan fingerprint density at radius 3 is 2.23 bits per heavy atom. The lowest BCUT2D eigenvalue weighted by atomic mass is 9.89. The van der Waals surface area contributed by atoms with Crippen LogP contribution in [0.2, 0.25) is 0 Å². The average Bonchev–Trinajstić information content (AvgIpc) is 2.72. The van der Waals surface area contributed by atoms with Crippen molar-refractivity contribution in [3.8, 4) is 28.3 Å². The van der Waals surface area contributed by atoms with Crippen LogP contribution < -0.4 is 0 Å². The summed E-state index contributed by atoms with van der Waals surface area (Å²) in [6.45, 7) is 0. The molecule has 1 heterocycles. The number of hydrogen-bond acceptors (Lipinski definition) is 2. The molecule has 0 unspecified atom stereocenters. The van der Waals surface area contributed by atoms with Gasteiger partial charge in [-0.1, -0.05) is 36.4 Å². The summed E-state index contributed by atoms with van der Waals surface area (Å²) in [5.41, 5.74) is -0.595. The van der Waals surface area contributed by atoms with E-state index in [0.717, 1.165) is 6.07 Å². The SMILES string of the molecule is N#Cc1cccc(-c2ccccc2F)c1-c1ccnc2c(F)c(C(F)(F)F)ccc12. The molecule has 4 rings (SSSR count). The molecule has 7 heteroatoms. The number of aromatic nitrogens is 1. The maximum Gasteiger partial charge on any atom is 0.419 e. The number of rotatable bonds is 2. The highest BCUT2D eigenvalue weighted by atomic mass is 19.4. The molecule has 0 radical (unpaired) electrons. The Morgan fingerprint density at radius 2 is 1.53 bits per heavy atom. The Morgan fingerprint density at radius 1 is 0.800 bits per heavy atom. The highest BCUT2D eigenvalue weighted by molar-refractivity contribution is 6.01. The molecule has 0 aliphatic rings. The summed E-state index contributed by atoms with van der Waals surface area (Å²) < 4.78 is 68.4. The van der Waals surface area contributed by atoms with Gasteiger partial charge in [0.15, 0.2) is 5.82 Å². The first-order valence-electron chi connectivity index (χ1n) is 8.75. The molecule has 0 saturated carbocycles. The van der Waals surface area contributed by atoms with Crippen LogP contribution in [0.1, 0.15) is 11.1 Å². The molecule has 1 aromatic heterocycles. The number of fused-ring (bicyclic) bond motifs is 1. The zero-order chi connectivity index (χ0) is 21.5. The molecule has 0 aliphatic heterocycles. The fourth-order valence-electron chi connectivity index (χ4n) is 3.46. The Bertz CT molecular complexity index is 1320. The van der Waals surface area contributed by atoms with E-state index in [1.165, 1.54) is 36.5 Å². The van der Waals surface area contributed by atoms with E-state index in [2.05, 4.69) is 4.98 Å². The van der Waals surface area contributed by atoms with Crippen LogP contribution in [0, 0.1) is 23.0 Å². The quantitative estimate of drug-likeness (QED) is 0.343. The summed E-state index contributed by atoms with van der Waals surface area (Å²) in [5, 5.41) is 9.70. The van der Waals surface area contributed by atoms with E-state index in [-0.39, 0.29) is 27.6 Å². The number of hydrogen-bond donors (Lipinski definition) is 0. The van der Waals surface area contributed by atoms with E-state index in [0.29, 0.717) is 11.6 Å². The van der Waals surface area contributed by atoms with Gasteiger partial charge in [-0.2, -0.15) is 18.4 Å². The lowest BCUT2D eigenvalue weighted by Gasteiger charge is -2.16. The summed E-state index contributed by atoms with van der Waals surface area (Å²) >= 11 is 0. The first-order chi connectivity index (χ1) is 14.3. The van der Waals surface area contributed by atoms with Crippen molar-refractivity contribution < 1.29 is 22.0 Å².